The van der Waals surface area contributed by atoms with Gasteiger partial charge in [0.15, 0.2) is 5.96 Å². The van der Waals surface area contributed by atoms with Crippen molar-refractivity contribution in [3.8, 4) is 0 Å². The number of nitrogens with zero attached hydrogens (tertiary/aromatic N) is 1. The van der Waals surface area contributed by atoms with Gasteiger partial charge in [0.05, 0.1) is 12.6 Å². The first-order valence-electron chi connectivity index (χ1n) is 13.0. The number of carbonyl (C=O) groups is 4. The lowest BCUT2D eigenvalue weighted by molar-refractivity contribution is -0.143. The van der Waals surface area contributed by atoms with Crippen LogP contribution in [0, 0.1) is 5.92 Å². The number of aromatic amines is 1. The maximum atomic E-state index is 13.3. The maximum absolute atomic E-state index is 13.3. The first-order valence-corrected chi connectivity index (χ1v) is 13.0. The van der Waals surface area contributed by atoms with Gasteiger partial charge in [-0.15, -0.1) is 0 Å². The van der Waals surface area contributed by atoms with Crippen LogP contribution in [-0.2, 0) is 25.6 Å². The molecule has 0 aliphatic rings. The number of carboxylic acids is 1. The Bertz CT molecular complexity index is 1190. The molecular weight excluding hydrogens is 520 g/mol. The monoisotopic (exact) mass is 560 g/mol. The summed E-state index contributed by atoms with van der Waals surface area (Å²) >= 11 is 0. The first kappa shape index (κ1) is 32.0. The number of fused-ring (bicyclic) bond motifs is 1. The third-order valence-electron chi connectivity index (χ3n) is 6.17. The van der Waals surface area contributed by atoms with Crippen molar-refractivity contribution in [1.29, 1.82) is 0 Å². The molecule has 4 unspecified atom stereocenters. The van der Waals surface area contributed by atoms with Gasteiger partial charge in [-0.25, -0.2) is 4.79 Å². The molecule has 3 amide bonds. The van der Waals surface area contributed by atoms with Crippen LogP contribution in [0.15, 0.2) is 35.5 Å². The number of nitrogens with one attached hydrogen (secondary N) is 4. The summed E-state index contributed by atoms with van der Waals surface area (Å²) in [5, 5.41) is 27.5. The van der Waals surface area contributed by atoms with E-state index < -0.39 is 54.5 Å². The van der Waals surface area contributed by atoms with Gasteiger partial charge in [-0.1, -0.05) is 32.0 Å². The predicted molar refractivity (Wildman–Crippen MR) is 150 cm³/mol. The minimum atomic E-state index is -1.45. The van der Waals surface area contributed by atoms with Crippen molar-refractivity contribution in [3.63, 3.8) is 0 Å². The molecule has 0 fully saturated rings. The number of amides is 3. The summed E-state index contributed by atoms with van der Waals surface area (Å²) in [6.07, 6.45) is 2.60. The van der Waals surface area contributed by atoms with E-state index in [9.17, 15) is 29.4 Å². The van der Waals surface area contributed by atoms with Crippen LogP contribution < -0.4 is 33.2 Å². The van der Waals surface area contributed by atoms with Gasteiger partial charge in [-0.2, -0.15) is 0 Å². The van der Waals surface area contributed by atoms with Gasteiger partial charge in [0.2, 0.25) is 17.7 Å². The average molecular weight is 561 g/mol. The first-order chi connectivity index (χ1) is 18.9. The minimum Gasteiger partial charge on any atom is -0.480 e. The number of para-hydroxylation sites is 1. The van der Waals surface area contributed by atoms with E-state index in [1.807, 2.05) is 24.3 Å². The fraction of sp³-hybridized carbons (Fsp3) is 0.500. The van der Waals surface area contributed by atoms with Crippen molar-refractivity contribution < 1.29 is 29.4 Å². The second kappa shape index (κ2) is 15.4. The highest BCUT2D eigenvalue weighted by atomic mass is 16.4. The van der Waals surface area contributed by atoms with Crippen molar-refractivity contribution in [2.45, 2.75) is 63.7 Å². The lowest BCUT2D eigenvalue weighted by atomic mass is 10.0. The number of hydrogen-bond donors (Lipinski definition) is 9. The molecule has 0 spiro atoms. The summed E-state index contributed by atoms with van der Waals surface area (Å²) in [6.45, 7) is 3.10. The zero-order valence-electron chi connectivity index (χ0n) is 22.7. The van der Waals surface area contributed by atoms with Crippen LogP contribution in [0.5, 0.6) is 0 Å². The fourth-order valence-electron chi connectivity index (χ4n) is 4.09. The highest BCUT2D eigenvalue weighted by molar-refractivity contribution is 5.95. The SMILES string of the molecule is CC(C)CC(NC(=O)C(CO)NC(=O)C(Cc1c[nH]c2ccccc12)NC(=O)C(N)CCCN=C(N)N)C(=O)O. The number of aromatic nitrogens is 1. The summed E-state index contributed by atoms with van der Waals surface area (Å²) in [7, 11) is 0. The highest BCUT2D eigenvalue weighted by Crippen LogP contribution is 2.19. The number of nitrogens with two attached hydrogens (primary N) is 3. The van der Waals surface area contributed by atoms with Gasteiger partial charge in [-0.05, 0) is 36.8 Å². The van der Waals surface area contributed by atoms with E-state index in [2.05, 4.69) is 25.9 Å². The van der Waals surface area contributed by atoms with Crippen molar-refractivity contribution in [2.75, 3.05) is 13.2 Å². The molecule has 2 aromatic rings. The third-order valence-corrected chi connectivity index (χ3v) is 6.17. The summed E-state index contributed by atoms with van der Waals surface area (Å²) in [4.78, 5) is 57.5. The smallest absolute Gasteiger partial charge is 0.326 e. The van der Waals surface area contributed by atoms with Gasteiger partial charge in [0.1, 0.15) is 18.1 Å². The summed E-state index contributed by atoms with van der Waals surface area (Å²) in [5.41, 5.74) is 18.2. The largest absolute Gasteiger partial charge is 0.480 e. The van der Waals surface area contributed by atoms with Crippen LogP contribution in [0.3, 0.4) is 0 Å². The Balaban J connectivity index is 2.19. The van der Waals surface area contributed by atoms with Gasteiger partial charge in [0.25, 0.3) is 0 Å². The Kier molecular flexibility index (Phi) is 12.4. The predicted octanol–water partition coefficient (Wildman–Crippen LogP) is -1.33. The van der Waals surface area contributed by atoms with Crippen molar-refractivity contribution in [3.05, 3.63) is 36.0 Å². The Morgan fingerprint density at radius 2 is 1.60 bits per heavy atom. The molecule has 40 heavy (non-hydrogen) atoms. The fourth-order valence-corrected chi connectivity index (χ4v) is 4.09. The van der Waals surface area contributed by atoms with E-state index in [0.29, 0.717) is 6.42 Å². The quantitative estimate of drug-likeness (QED) is 0.0669. The standard InChI is InChI=1S/C26H40N8O6/c1-14(2)10-20(25(39)40)33-24(38)21(13-35)34-23(37)19(11-15-12-31-18-8-4-3-6-16(15)18)32-22(36)17(27)7-5-9-30-26(28)29/h3-4,6,8,12,14,17,19-21,31,35H,5,7,9-11,13,27H2,1-2H3,(H,32,36)(H,33,38)(H,34,37)(H,39,40)(H4,28,29,30). The molecule has 2 rings (SSSR count). The van der Waals surface area contributed by atoms with Crippen LogP contribution in [0.2, 0.25) is 0 Å². The lowest BCUT2D eigenvalue weighted by Crippen LogP contribution is -2.58. The van der Waals surface area contributed by atoms with Crippen molar-refractivity contribution in [2.24, 2.45) is 28.1 Å². The molecule has 14 nitrogen and oxygen atoms in total. The minimum absolute atomic E-state index is 0.0250. The summed E-state index contributed by atoms with van der Waals surface area (Å²) < 4.78 is 0. The van der Waals surface area contributed by atoms with E-state index in [-0.39, 0.29) is 37.7 Å². The number of aliphatic hydroxyl groups is 1. The molecule has 0 saturated carbocycles. The Hall–Kier alpha value is -4.17. The topological polar surface area (TPSA) is 251 Å². The molecule has 1 heterocycles. The molecule has 4 atom stereocenters. The number of aliphatic imine (C=N–C) groups is 1. The van der Waals surface area contributed by atoms with E-state index in [0.717, 1.165) is 16.5 Å². The van der Waals surface area contributed by atoms with E-state index in [1.165, 1.54) is 0 Å². The van der Waals surface area contributed by atoms with Crippen LogP contribution >= 0.6 is 0 Å². The van der Waals surface area contributed by atoms with E-state index in [1.54, 1.807) is 20.0 Å². The zero-order valence-corrected chi connectivity index (χ0v) is 22.7. The Labute approximate surface area is 232 Å². The molecule has 12 N–H and O–H groups in total. The average Bonchev–Trinajstić information content (AvgIpc) is 3.30. The highest BCUT2D eigenvalue weighted by Gasteiger charge is 2.30. The number of carboxylic acid groups (broad SMARTS) is 1. The number of aliphatic carboxylic acids is 1. The Morgan fingerprint density at radius 1 is 0.975 bits per heavy atom. The van der Waals surface area contributed by atoms with E-state index >= 15 is 0 Å². The number of carbonyl (C=O) groups excluding carboxylic acids is 3. The Morgan fingerprint density at radius 3 is 2.23 bits per heavy atom. The molecule has 0 radical (unpaired) electrons. The number of guanidine groups is 1. The molecule has 0 aliphatic heterocycles. The molecule has 1 aromatic heterocycles. The van der Waals surface area contributed by atoms with Crippen molar-refractivity contribution in [1.82, 2.24) is 20.9 Å². The number of benzene rings is 1. The van der Waals surface area contributed by atoms with Gasteiger partial charge in [-0.3, -0.25) is 19.4 Å². The molecule has 220 valence electrons. The van der Waals surface area contributed by atoms with Crippen LogP contribution in [0.25, 0.3) is 10.9 Å². The number of H-pyrrole nitrogens is 1. The zero-order chi connectivity index (χ0) is 29.8. The number of aliphatic hydroxyl groups excluding tert-OH is 1. The molecule has 0 aliphatic carbocycles. The van der Waals surface area contributed by atoms with Crippen LogP contribution in [0.1, 0.15) is 38.7 Å². The van der Waals surface area contributed by atoms with Gasteiger partial charge >= 0.3 is 5.97 Å². The molecule has 0 bridgehead atoms. The summed E-state index contributed by atoms with van der Waals surface area (Å²) in [6, 6.07) is 2.64. The van der Waals surface area contributed by atoms with Crippen LogP contribution in [0.4, 0.5) is 0 Å². The summed E-state index contributed by atoms with van der Waals surface area (Å²) in [5.74, 6) is -3.55. The molecule has 0 saturated heterocycles. The molecular formula is C26H40N8O6. The van der Waals surface area contributed by atoms with Gasteiger partial charge < -0.3 is 48.3 Å². The second-order valence-electron chi connectivity index (χ2n) is 9.95. The molecule has 14 heteroatoms. The maximum Gasteiger partial charge on any atom is 0.326 e. The third kappa shape index (κ3) is 9.85. The van der Waals surface area contributed by atoms with E-state index in [4.69, 9.17) is 17.2 Å². The number of rotatable bonds is 16. The normalized spacial score (nSPS) is 14.1. The number of hydrogen-bond acceptors (Lipinski definition) is 7. The lowest BCUT2D eigenvalue weighted by Gasteiger charge is -2.24. The van der Waals surface area contributed by atoms with Crippen LogP contribution in [-0.4, -0.2) is 82.2 Å². The van der Waals surface area contributed by atoms with Gasteiger partial charge in [0, 0.05) is 30.1 Å². The molecule has 1 aromatic carbocycles. The second-order valence-corrected chi connectivity index (χ2v) is 9.95. The van der Waals surface area contributed by atoms with Crippen molar-refractivity contribution >= 4 is 40.6 Å².